The third kappa shape index (κ3) is 4.51. The summed E-state index contributed by atoms with van der Waals surface area (Å²) < 4.78 is 36.1. The molecule has 1 aromatic carbocycles. The predicted octanol–water partition coefficient (Wildman–Crippen LogP) is 1.78. The first kappa shape index (κ1) is 15.4. The van der Waals surface area contributed by atoms with E-state index in [-0.39, 0.29) is 16.6 Å². The SMILES string of the molecule is CCCN(Oc1cc(F)cc(S(C)(=O)=O)c1)C(C)=O. The zero-order valence-electron chi connectivity index (χ0n) is 11.0. The van der Waals surface area contributed by atoms with E-state index in [0.717, 1.165) is 23.5 Å². The predicted molar refractivity (Wildman–Crippen MR) is 67.8 cm³/mol. The van der Waals surface area contributed by atoms with Crippen LogP contribution in [0.5, 0.6) is 5.75 Å². The van der Waals surface area contributed by atoms with Gasteiger partial charge in [0.25, 0.3) is 5.91 Å². The van der Waals surface area contributed by atoms with E-state index >= 15 is 0 Å². The smallest absolute Gasteiger partial charge is 0.252 e. The first-order chi connectivity index (χ1) is 8.74. The van der Waals surface area contributed by atoms with Gasteiger partial charge >= 0.3 is 0 Å². The summed E-state index contributed by atoms with van der Waals surface area (Å²) >= 11 is 0. The van der Waals surface area contributed by atoms with Crippen LogP contribution in [0.1, 0.15) is 20.3 Å². The number of rotatable bonds is 5. The summed E-state index contributed by atoms with van der Waals surface area (Å²) in [6, 6.07) is 3.12. The zero-order valence-corrected chi connectivity index (χ0v) is 11.8. The number of carbonyl (C=O) groups excluding carboxylic acids is 1. The molecule has 0 heterocycles. The van der Waals surface area contributed by atoms with Crippen LogP contribution in [0.2, 0.25) is 0 Å². The Balaban J connectivity index is 3.07. The van der Waals surface area contributed by atoms with E-state index in [2.05, 4.69) is 0 Å². The van der Waals surface area contributed by atoms with Crippen LogP contribution >= 0.6 is 0 Å². The molecule has 19 heavy (non-hydrogen) atoms. The summed E-state index contributed by atoms with van der Waals surface area (Å²) in [4.78, 5) is 16.3. The lowest BCUT2D eigenvalue weighted by Gasteiger charge is -2.20. The Labute approximate surface area is 111 Å². The number of hydrogen-bond acceptors (Lipinski definition) is 4. The Morgan fingerprint density at radius 3 is 2.47 bits per heavy atom. The lowest BCUT2D eigenvalue weighted by Crippen LogP contribution is -2.32. The van der Waals surface area contributed by atoms with Crippen molar-refractivity contribution in [2.24, 2.45) is 0 Å². The van der Waals surface area contributed by atoms with Crippen molar-refractivity contribution in [3.05, 3.63) is 24.0 Å². The van der Waals surface area contributed by atoms with E-state index in [1.54, 1.807) is 0 Å². The van der Waals surface area contributed by atoms with Crippen LogP contribution in [-0.4, -0.2) is 32.2 Å². The van der Waals surface area contributed by atoms with Crippen molar-refractivity contribution in [2.45, 2.75) is 25.2 Å². The molecule has 0 aliphatic rings. The van der Waals surface area contributed by atoms with E-state index in [4.69, 9.17) is 4.84 Å². The van der Waals surface area contributed by atoms with Gasteiger partial charge < -0.3 is 4.84 Å². The Morgan fingerprint density at radius 1 is 1.37 bits per heavy atom. The molecule has 1 rings (SSSR count). The largest absolute Gasteiger partial charge is 0.377 e. The fourth-order valence-electron chi connectivity index (χ4n) is 1.40. The summed E-state index contributed by atoms with van der Waals surface area (Å²) in [6.07, 6.45) is 1.63. The van der Waals surface area contributed by atoms with Gasteiger partial charge in [0.2, 0.25) is 0 Å². The maximum Gasteiger partial charge on any atom is 0.252 e. The van der Waals surface area contributed by atoms with Crippen LogP contribution in [-0.2, 0) is 14.6 Å². The molecule has 0 radical (unpaired) electrons. The summed E-state index contributed by atoms with van der Waals surface area (Å²) in [7, 11) is -3.54. The number of carbonyl (C=O) groups is 1. The maximum atomic E-state index is 13.3. The molecule has 0 unspecified atom stereocenters. The normalized spacial score (nSPS) is 11.2. The minimum atomic E-state index is -3.54. The molecule has 0 saturated carbocycles. The van der Waals surface area contributed by atoms with Crippen molar-refractivity contribution in [2.75, 3.05) is 12.8 Å². The number of sulfone groups is 1. The highest BCUT2D eigenvalue weighted by Crippen LogP contribution is 2.21. The van der Waals surface area contributed by atoms with Crippen molar-refractivity contribution >= 4 is 15.7 Å². The highest BCUT2D eigenvalue weighted by atomic mass is 32.2. The summed E-state index contributed by atoms with van der Waals surface area (Å²) in [5.41, 5.74) is 0. The number of hydroxylamine groups is 2. The van der Waals surface area contributed by atoms with Gasteiger partial charge in [0.1, 0.15) is 5.82 Å². The molecule has 0 aliphatic heterocycles. The van der Waals surface area contributed by atoms with E-state index < -0.39 is 15.7 Å². The van der Waals surface area contributed by atoms with Crippen LogP contribution in [0.25, 0.3) is 0 Å². The average molecular weight is 289 g/mol. The molecule has 1 aromatic rings. The lowest BCUT2D eigenvalue weighted by molar-refractivity contribution is -0.154. The molecule has 5 nitrogen and oxygen atoms in total. The minimum absolute atomic E-state index is 0.0240. The number of amides is 1. The van der Waals surface area contributed by atoms with E-state index in [1.165, 1.54) is 13.0 Å². The number of nitrogens with zero attached hydrogens (tertiary/aromatic N) is 1. The topological polar surface area (TPSA) is 63.7 Å². The molecule has 0 bridgehead atoms. The molecule has 1 amide bonds. The fraction of sp³-hybridized carbons (Fsp3) is 0.417. The van der Waals surface area contributed by atoms with Crippen LogP contribution in [0.4, 0.5) is 4.39 Å². The van der Waals surface area contributed by atoms with Crippen molar-refractivity contribution in [1.82, 2.24) is 5.06 Å². The highest BCUT2D eigenvalue weighted by Gasteiger charge is 2.15. The molecule has 0 atom stereocenters. The molecule has 0 N–H and O–H groups in total. The Kier molecular flexibility index (Phi) is 4.88. The molecule has 106 valence electrons. The van der Waals surface area contributed by atoms with Gasteiger partial charge in [-0.05, 0) is 12.5 Å². The highest BCUT2D eigenvalue weighted by molar-refractivity contribution is 7.90. The van der Waals surface area contributed by atoms with Crippen LogP contribution in [0, 0.1) is 5.82 Å². The molecular weight excluding hydrogens is 273 g/mol. The minimum Gasteiger partial charge on any atom is -0.377 e. The summed E-state index contributed by atoms with van der Waals surface area (Å²) in [6.45, 7) is 3.50. The second-order valence-corrected chi connectivity index (χ2v) is 6.12. The molecule has 0 saturated heterocycles. The standard InChI is InChI=1S/C12H16FNO4S/c1-4-5-14(9(2)15)18-11-6-10(13)7-12(8-11)19(3,16)17/h6-8H,4-5H2,1-3H3. The van der Waals surface area contributed by atoms with E-state index in [9.17, 15) is 17.6 Å². The fourth-order valence-corrected chi connectivity index (χ4v) is 2.06. The van der Waals surface area contributed by atoms with E-state index in [0.29, 0.717) is 13.0 Å². The van der Waals surface area contributed by atoms with Gasteiger partial charge in [-0.1, -0.05) is 6.92 Å². The van der Waals surface area contributed by atoms with Gasteiger partial charge in [0.15, 0.2) is 15.6 Å². The third-order valence-electron chi connectivity index (χ3n) is 2.27. The monoisotopic (exact) mass is 289 g/mol. The second kappa shape index (κ2) is 6.01. The van der Waals surface area contributed by atoms with Crippen molar-refractivity contribution in [3.8, 4) is 5.75 Å². The van der Waals surface area contributed by atoms with Crippen LogP contribution in [0.15, 0.2) is 23.1 Å². The van der Waals surface area contributed by atoms with Crippen molar-refractivity contribution < 1.29 is 22.4 Å². The first-order valence-corrected chi connectivity index (χ1v) is 7.60. The molecule has 0 fully saturated rings. The Morgan fingerprint density at radius 2 is 2.00 bits per heavy atom. The quantitative estimate of drug-likeness (QED) is 0.775. The van der Waals surface area contributed by atoms with Crippen LogP contribution in [0.3, 0.4) is 0 Å². The maximum absolute atomic E-state index is 13.3. The van der Waals surface area contributed by atoms with Crippen LogP contribution < -0.4 is 4.84 Å². The number of hydrogen-bond donors (Lipinski definition) is 0. The van der Waals surface area contributed by atoms with Gasteiger partial charge in [0, 0.05) is 25.3 Å². The van der Waals surface area contributed by atoms with Crippen molar-refractivity contribution in [1.29, 1.82) is 0 Å². The number of benzene rings is 1. The molecule has 7 heteroatoms. The molecule has 0 aliphatic carbocycles. The summed E-state index contributed by atoms with van der Waals surface area (Å²) in [5, 5.41) is 1.06. The Hall–Kier alpha value is -1.63. The Bertz CT molecular complexity index is 571. The average Bonchev–Trinajstić information content (AvgIpc) is 2.26. The second-order valence-electron chi connectivity index (χ2n) is 4.11. The lowest BCUT2D eigenvalue weighted by atomic mass is 10.3. The summed E-state index contributed by atoms with van der Waals surface area (Å²) in [5.74, 6) is -1.10. The number of halogens is 1. The molecule has 0 aromatic heterocycles. The van der Waals surface area contributed by atoms with Gasteiger partial charge in [-0.3, -0.25) is 4.79 Å². The zero-order chi connectivity index (χ0) is 14.6. The van der Waals surface area contributed by atoms with E-state index in [1.807, 2.05) is 6.92 Å². The molecule has 0 spiro atoms. The van der Waals surface area contributed by atoms with Gasteiger partial charge in [-0.25, -0.2) is 12.8 Å². The third-order valence-corrected chi connectivity index (χ3v) is 3.36. The van der Waals surface area contributed by atoms with Crippen molar-refractivity contribution in [3.63, 3.8) is 0 Å². The first-order valence-electron chi connectivity index (χ1n) is 5.70. The van der Waals surface area contributed by atoms with Gasteiger partial charge in [-0.2, -0.15) is 5.06 Å². The molecular formula is C12H16FNO4S. The van der Waals surface area contributed by atoms with Gasteiger partial charge in [0.05, 0.1) is 11.4 Å². The van der Waals surface area contributed by atoms with Gasteiger partial charge in [-0.15, -0.1) is 0 Å².